The number of carbonyl (C=O) groups excluding carboxylic acids is 1. The maximum Gasteiger partial charge on any atom is 0.272 e. The summed E-state index contributed by atoms with van der Waals surface area (Å²) in [6.07, 6.45) is 5.86. The van der Waals surface area contributed by atoms with Crippen molar-refractivity contribution in [3.05, 3.63) is 17.8 Å². The standard InChI is InChI=1S/C16H25N5O/c1-20-9-11-21(12-10-20)15-8-7-14(18-19-15)16(22)17-13-5-3-2-4-6-13/h7-8,13H,2-6,9-12H2,1H3,(H,17,22). The van der Waals surface area contributed by atoms with Crippen LogP contribution in [0.25, 0.3) is 0 Å². The number of hydrogen-bond acceptors (Lipinski definition) is 5. The molecule has 1 aliphatic heterocycles. The highest BCUT2D eigenvalue weighted by molar-refractivity contribution is 5.92. The Balaban J connectivity index is 1.57. The van der Waals surface area contributed by atoms with Gasteiger partial charge in [0.05, 0.1) is 0 Å². The Morgan fingerprint density at radius 1 is 1.09 bits per heavy atom. The molecule has 2 fully saturated rings. The van der Waals surface area contributed by atoms with Crippen LogP contribution >= 0.6 is 0 Å². The fourth-order valence-corrected chi connectivity index (χ4v) is 3.16. The van der Waals surface area contributed by atoms with Gasteiger partial charge in [0.2, 0.25) is 0 Å². The maximum atomic E-state index is 12.2. The maximum absolute atomic E-state index is 12.2. The summed E-state index contributed by atoms with van der Waals surface area (Å²) < 4.78 is 0. The third-order valence-electron chi connectivity index (χ3n) is 4.65. The second-order valence-corrected chi connectivity index (χ2v) is 6.38. The molecule has 1 saturated heterocycles. The number of aromatic nitrogens is 2. The van der Waals surface area contributed by atoms with E-state index < -0.39 is 0 Å². The van der Waals surface area contributed by atoms with Gasteiger partial charge in [-0.1, -0.05) is 19.3 Å². The molecule has 3 rings (SSSR count). The van der Waals surface area contributed by atoms with Gasteiger partial charge < -0.3 is 15.1 Å². The van der Waals surface area contributed by atoms with Gasteiger partial charge >= 0.3 is 0 Å². The van der Waals surface area contributed by atoms with Crippen LogP contribution < -0.4 is 10.2 Å². The SMILES string of the molecule is CN1CCN(c2ccc(C(=O)NC3CCCCC3)nn2)CC1. The molecule has 0 atom stereocenters. The second-order valence-electron chi connectivity index (χ2n) is 6.38. The largest absolute Gasteiger partial charge is 0.353 e. The summed E-state index contributed by atoms with van der Waals surface area (Å²) in [4.78, 5) is 16.7. The lowest BCUT2D eigenvalue weighted by Gasteiger charge is -2.32. The molecule has 6 heteroatoms. The van der Waals surface area contributed by atoms with Crippen molar-refractivity contribution in [2.45, 2.75) is 38.1 Å². The van der Waals surface area contributed by atoms with Crippen LogP contribution in [-0.2, 0) is 0 Å². The van der Waals surface area contributed by atoms with Crippen LogP contribution in [0.15, 0.2) is 12.1 Å². The topological polar surface area (TPSA) is 61.4 Å². The lowest BCUT2D eigenvalue weighted by Crippen LogP contribution is -2.45. The summed E-state index contributed by atoms with van der Waals surface area (Å²) in [7, 11) is 2.13. The minimum atomic E-state index is -0.0932. The minimum absolute atomic E-state index is 0.0932. The smallest absolute Gasteiger partial charge is 0.272 e. The molecule has 120 valence electrons. The van der Waals surface area contributed by atoms with Crippen molar-refractivity contribution in [2.24, 2.45) is 0 Å². The molecular weight excluding hydrogens is 278 g/mol. The van der Waals surface area contributed by atoms with Crippen LogP contribution in [-0.4, -0.2) is 60.3 Å². The van der Waals surface area contributed by atoms with Crippen molar-refractivity contribution < 1.29 is 4.79 Å². The third kappa shape index (κ3) is 3.74. The van der Waals surface area contributed by atoms with Crippen LogP contribution in [0, 0.1) is 0 Å². The van der Waals surface area contributed by atoms with E-state index in [1.165, 1.54) is 19.3 Å². The van der Waals surface area contributed by atoms with Gasteiger partial charge in [-0.25, -0.2) is 0 Å². The number of likely N-dealkylation sites (N-methyl/N-ethyl adjacent to an activating group) is 1. The van der Waals surface area contributed by atoms with Crippen molar-refractivity contribution in [1.82, 2.24) is 20.4 Å². The molecule has 1 saturated carbocycles. The summed E-state index contributed by atoms with van der Waals surface area (Å²) in [5.41, 5.74) is 0.420. The Bertz CT molecular complexity index is 490. The number of amides is 1. The van der Waals surface area contributed by atoms with Crippen molar-refractivity contribution in [3.63, 3.8) is 0 Å². The Labute approximate surface area is 131 Å². The quantitative estimate of drug-likeness (QED) is 0.912. The van der Waals surface area contributed by atoms with Gasteiger partial charge in [-0.3, -0.25) is 4.79 Å². The van der Waals surface area contributed by atoms with E-state index in [9.17, 15) is 4.79 Å². The van der Waals surface area contributed by atoms with Crippen LogP contribution in [0.1, 0.15) is 42.6 Å². The number of carbonyl (C=O) groups is 1. The molecule has 1 amide bonds. The van der Waals surface area contributed by atoms with E-state index in [0.29, 0.717) is 11.7 Å². The highest BCUT2D eigenvalue weighted by Gasteiger charge is 2.19. The van der Waals surface area contributed by atoms with Crippen molar-refractivity contribution >= 4 is 11.7 Å². The monoisotopic (exact) mass is 303 g/mol. The van der Waals surface area contributed by atoms with Crippen LogP contribution in [0.3, 0.4) is 0 Å². The zero-order valence-corrected chi connectivity index (χ0v) is 13.3. The minimum Gasteiger partial charge on any atom is -0.353 e. The fraction of sp³-hybridized carbons (Fsp3) is 0.688. The molecule has 1 aromatic heterocycles. The summed E-state index contributed by atoms with van der Waals surface area (Å²) in [6.45, 7) is 3.98. The molecule has 0 radical (unpaired) electrons. The summed E-state index contributed by atoms with van der Waals surface area (Å²) in [5.74, 6) is 0.770. The normalized spacial score (nSPS) is 20.9. The Hall–Kier alpha value is -1.69. The number of anilines is 1. The van der Waals surface area contributed by atoms with E-state index in [0.717, 1.165) is 44.8 Å². The van der Waals surface area contributed by atoms with Gasteiger partial charge in [-0.2, -0.15) is 0 Å². The van der Waals surface area contributed by atoms with E-state index >= 15 is 0 Å². The molecule has 2 aliphatic rings. The molecule has 0 bridgehead atoms. The first-order valence-corrected chi connectivity index (χ1v) is 8.30. The van der Waals surface area contributed by atoms with Crippen molar-refractivity contribution in [1.29, 1.82) is 0 Å². The lowest BCUT2D eigenvalue weighted by atomic mass is 9.95. The molecule has 0 spiro atoms. The van der Waals surface area contributed by atoms with Gasteiger partial charge in [0.1, 0.15) is 0 Å². The number of rotatable bonds is 3. The molecular formula is C16H25N5O. The number of nitrogens with zero attached hydrogens (tertiary/aromatic N) is 4. The van der Waals surface area contributed by atoms with Gasteiger partial charge in [0, 0.05) is 32.2 Å². The molecule has 1 N–H and O–H groups in total. The summed E-state index contributed by atoms with van der Waals surface area (Å²) in [5, 5.41) is 11.4. The second kappa shape index (κ2) is 7.05. The zero-order valence-electron chi connectivity index (χ0n) is 13.3. The van der Waals surface area contributed by atoms with Crippen molar-refractivity contribution in [3.8, 4) is 0 Å². The first-order valence-electron chi connectivity index (χ1n) is 8.30. The van der Waals surface area contributed by atoms with E-state index in [1.807, 2.05) is 6.07 Å². The number of hydrogen-bond donors (Lipinski definition) is 1. The predicted molar refractivity (Wildman–Crippen MR) is 86.1 cm³/mol. The molecule has 0 aromatic carbocycles. The third-order valence-corrected chi connectivity index (χ3v) is 4.65. The fourth-order valence-electron chi connectivity index (χ4n) is 3.16. The van der Waals surface area contributed by atoms with Crippen LogP contribution in [0.4, 0.5) is 5.82 Å². The summed E-state index contributed by atoms with van der Waals surface area (Å²) in [6, 6.07) is 4.01. The van der Waals surface area contributed by atoms with Gasteiger partial charge in [-0.15, -0.1) is 10.2 Å². The van der Waals surface area contributed by atoms with E-state index in [-0.39, 0.29) is 5.91 Å². The number of piperazine rings is 1. The molecule has 22 heavy (non-hydrogen) atoms. The van der Waals surface area contributed by atoms with Crippen LogP contribution in [0.5, 0.6) is 0 Å². The zero-order chi connectivity index (χ0) is 15.4. The molecule has 6 nitrogen and oxygen atoms in total. The molecule has 1 aromatic rings. The molecule has 0 unspecified atom stereocenters. The van der Waals surface area contributed by atoms with Crippen molar-refractivity contribution in [2.75, 3.05) is 38.1 Å². The lowest BCUT2D eigenvalue weighted by molar-refractivity contribution is 0.0921. The Morgan fingerprint density at radius 3 is 2.45 bits per heavy atom. The Morgan fingerprint density at radius 2 is 1.82 bits per heavy atom. The first-order chi connectivity index (χ1) is 10.7. The number of nitrogens with one attached hydrogen (secondary N) is 1. The van der Waals surface area contributed by atoms with Gasteiger partial charge in [0.25, 0.3) is 5.91 Å². The first kappa shape index (κ1) is 15.2. The average Bonchev–Trinajstić information content (AvgIpc) is 2.57. The van der Waals surface area contributed by atoms with E-state index in [1.54, 1.807) is 6.07 Å². The highest BCUT2D eigenvalue weighted by Crippen LogP contribution is 2.18. The van der Waals surface area contributed by atoms with E-state index in [2.05, 4.69) is 32.4 Å². The summed E-state index contributed by atoms with van der Waals surface area (Å²) >= 11 is 0. The van der Waals surface area contributed by atoms with Gasteiger partial charge in [0.15, 0.2) is 11.5 Å². The molecule has 2 heterocycles. The van der Waals surface area contributed by atoms with Crippen LogP contribution in [0.2, 0.25) is 0 Å². The van der Waals surface area contributed by atoms with Gasteiger partial charge in [-0.05, 0) is 32.0 Å². The highest BCUT2D eigenvalue weighted by atomic mass is 16.2. The Kier molecular flexibility index (Phi) is 4.87. The van der Waals surface area contributed by atoms with E-state index in [4.69, 9.17) is 0 Å². The molecule has 1 aliphatic carbocycles. The average molecular weight is 303 g/mol. The predicted octanol–water partition coefficient (Wildman–Crippen LogP) is 1.29.